The van der Waals surface area contributed by atoms with Crippen molar-refractivity contribution in [1.29, 1.82) is 0 Å². The van der Waals surface area contributed by atoms with Gasteiger partial charge in [-0.05, 0) is 80.6 Å². The zero-order valence-corrected chi connectivity index (χ0v) is 26.1. The summed E-state index contributed by atoms with van der Waals surface area (Å²) in [6.07, 6.45) is 8.21. The third kappa shape index (κ3) is 4.63. The molecule has 3 unspecified atom stereocenters. The molecule has 0 radical (unpaired) electrons. The van der Waals surface area contributed by atoms with Crippen molar-refractivity contribution in [2.24, 2.45) is 26.8 Å². The Balaban J connectivity index is 1.61. The number of carbonyl (C=O) groups excluding carboxylic acids is 1. The molecule has 6 aliphatic rings. The Kier molecular flexibility index (Phi) is 7.37. The number of allylic oxidation sites excluding steroid dienone is 11. The van der Waals surface area contributed by atoms with E-state index in [1.54, 1.807) is 6.92 Å². The van der Waals surface area contributed by atoms with Gasteiger partial charge in [0.05, 0.1) is 47.4 Å². The molecular formula is C35H40N4O4. The molecule has 224 valence electrons. The standard InChI is InChI=1S/C35H40N4O4/c1-8-20-16(3)24-14-29-32(19(6)40)18(5)26(37-29)13-25-17(4)22(10-11-31(42)43-7)34(38-25)23-12-30(41)33-21(9-2)28(39-35(23)33)15-27(20)36-24/h13-15,17,19,22,38,40-41H,8-12H2,1-7H3. The molecule has 0 saturated carbocycles. The lowest BCUT2D eigenvalue weighted by atomic mass is 9.86. The van der Waals surface area contributed by atoms with Crippen molar-refractivity contribution < 1.29 is 19.7 Å². The quantitative estimate of drug-likeness (QED) is 0.315. The predicted octanol–water partition coefficient (Wildman–Crippen LogP) is 6.38. The maximum atomic E-state index is 12.2. The number of nitrogens with zero attached hydrogens (tertiary/aromatic N) is 3. The van der Waals surface area contributed by atoms with Gasteiger partial charge >= 0.3 is 5.97 Å². The normalized spacial score (nSPS) is 25.2. The highest BCUT2D eigenvalue weighted by molar-refractivity contribution is 6.21. The molecule has 5 heterocycles. The van der Waals surface area contributed by atoms with Crippen LogP contribution in [0.4, 0.5) is 0 Å². The highest BCUT2D eigenvalue weighted by atomic mass is 16.5. The Morgan fingerprint density at radius 3 is 2.42 bits per heavy atom. The van der Waals surface area contributed by atoms with Gasteiger partial charge in [0.1, 0.15) is 5.76 Å². The largest absolute Gasteiger partial charge is 0.511 e. The van der Waals surface area contributed by atoms with Crippen molar-refractivity contribution >= 4 is 23.1 Å². The first-order chi connectivity index (χ1) is 20.6. The first-order valence-electron chi connectivity index (χ1n) is 15.3. The summed E-state index contributed by atoms with van der Waals surface area (Å²) in [5, 5.41) is 25.8. The first-order valence-corrected chi connectivity index (χ1v) is 15.3. The molecule has 3 atom stereocenters. The summed E-state index contributed by atoms with van der Waals surface area (Å²) >= 11 is 0. The van der Waals surface area contributed by atoms with E-state index in [0.29, 0.717) is 18.6 Å². The van der Waals surface area contributed by atoms with Gasteiger partial charge in [-0.3, -0.25) is 4.79 Å². The summed E-state index contributed by atoms with van der Waals surface area (Å²) < 4.78 is 4.98. The average Bonchev–Trinajstić information content (AvgIpc) is 3.73. The summed E-state index contributed by atoms with van der Waals surface area (Å²) in [6, 6.07) is 0. The van der Waals surface area contributed by atoms with E-state index < -0.39 is 6.10 Å². The third-order valence-electron chi connectivity index (χ3n) is 9.61. The number of esters is 1. The number of hydrogen-bond donors (Lipinski definition) is 3. The molecule has 6 rings (SSSR count). The van der Waals surface area contributed by atoms with Crippen LogP contribution in [0.15, 0.2) is 106 Å². The topological polar surface area (TPSA) is 116 Å². The van der Waals surface area contributed by atoms with Crippen molar-refractivity contribution in [1.82, 2.24) is 5.32 Å². The molecule has 0 aromatic carbocycles. The second kappa shape index (κ2) is 10.9. The number of aliphatic hydroxyl groups excluding tert-OH is 2. The lowest BCUT2D eigenvalue weighted by molar-refractivity contribution is -0.140. The molecule has 43 heavy (non-hydrogen) atoms. The molecule has 1 saturated heterocycles. The van der Waals surface area contributed by atoms with Crippen LogP contribution < -0.4 is 5.32 Å². The highest BCUT2D eigenvalue weighted by Gasteiger charge is 2.41. The van der Waals surface area contributed by atoms with Gasteiger partial charge in [-0.15, -0.1) is 0 Å². The maximum absolute atomic E-state index is 12.2. The van der Waals surface area contributed by atoms with Crippen molar-refractivity contribution in [3.8, 4) is 0 Å². The van der Waals surface area contributed by atoms with E-state index in [0.717, 1.165) is 97.5 Å². The minimum Gasteiger partial charge on any atom is -0.511 e. The van der Waals surface area contributed by atoms with Gasteiger partial charge in [-0.1, -0.05) is 20.8 Å². The SMILES string of the molecule is CCC1=C2C=C3N=C(C=C4N=C(C=C5NC(=C6CC(O)=C1C6=N2)C(CCC(=O)OC)C5C)C(C)=C4C(C)O)C(C)=C3CC. The molecule has 0 amide bonds. The van der Waals surface area contributed by atoms with Gasteiger partial charge in [-0.25, -0.2) is 15.0 Å². The minimum absolute atomic E-state index is 0.00486. The van der Waals surface area contributed by atoms with Crippen LogP contribution in [0.3, 0.4) is 0 Å². The number of aliphatic imine (C=N–C) groups is 3. The summed E-state index contributed by atoms with van der Waals surface area (Å²) in [4.78, 5) is 27.5. The van der Waals surface area contributed by atoms with Crippen LogP contribution in [0.2, 0.25) is 0 Å². The van der Waals surface area contributed by atoms with Gasteiger partial charge in [0.25, 0.3) is 0 Å². The number of fused-ring (bicyclic) bond motifs is 5. The number of nitrogens with one attached hydrogen (secondary N) is 1. The van der Waals surface area contributed by atoms with E-state index in [1.165, 1.54) is 7.11 Å². The zero-order chi connectivity index (χ0) is 30.7. The first kappa shape index (κ1) is 29.1. The average molecular weight is 581 g/mol. The highest BCUT2D eigenvalue weighted by Crippen LogP contribution is 2.47. The van der Waals surface area contributed by atoms with Crippen LogP contribution in [-0.2, 0) is 9.53 Å². The third-order valence-corrected chi connectivity index (χ3v) is 9.61. The van der Waals surface area contributed by atoms with Crippen LogP contribution in [0.1, 0.15) is 73.6 Å². The molecule has 0 aromatic heterocycles. The van der Waals surface area contributed by atoms with Crippen molar-refractivity contribution in [2.75, 3.05) is 7.11 Å². The van der Waals surface area contributed by atoms with Gasteiger partial charge in [0.15, 0.2) is 0 Å². The minimum atomic E-state index is -0.700. The number of ether oxygens (including phenoxy) is 1. The van der Waals surface area contributed by atoms with Crippen molar-refractivity contribution in [3.05, 3.63) is 91.5 Å². The smallest absolute Gasteiger partial charge is 0.305 e. The molecule has 1 fully saturated rings. The van der Waals surface area contributed by atoms with Gasteiger partial charge < -0.3 is 20.3 Å². The summed E-state index contributed by atoms with van der Waals surface area (Å²) in [6.45, 7) is 12.2. The molecule has 5 aliphatic heterocycles. The summed E-state index contributed by atoms with van der Waals surface area (Å²) in [5.74, 6) is 0.128. The van der Waals surface area contributed by atoms with Crippen LogP contribution in [-0.4, -0.2) is 46.5 Å². The summed E-state index contributed by atoms with van der Waals surface area (Å²) in [5.41, 5.74) is 13.6. The molecule has 8 heteroatoms. The number of methoxy groups -OCH3 is 1. The van der Waals surface area contributed by atoms with Gasteiger partial charge in [0.2, 0.25) is 0 Å². The number of rotatable bonds is 6. The monoisotopic (exact) mass is 580 g/mol. The second-order valence-electron chi connectivity index (χ2n) is 12.0. The molecule has 1 aliphatic carbocycles. The Labute approximate surface area is 253 Å². The molecule has 0 spiro atoms. The zero-order valence-electron chi connectivity index (χ0n) is 26.1. The fourth-order valence-electron chi connectivity index (χ4n) is 7.27. The van der Waals surface area contributed by atoms with Crippen LogP contribution in [0, 0.1) is 11.8 Å². The van der Waals surface area contributed by atoms with Gasteiger partial charge in [0, 0.05) is 52.8 Å². The Morgan fingerprint density at radius 1 is 1.05 bits per heavy atom. The van der Waals surface area contributed by atoms with E-state index in [9.17, 15) is 15.0 Å². The maximum Gasteiger partial charge on any atom is 0.305 e. The fourth-order valence-corrected chi connectivity index (χ4v) is 7.27. The van der Waals surface area contributed by atoms with Crippen LogP contribution >= 0.6 is 0 Å². The molecular weight excluding hydrogens is 540 g/mol. The predicted molar refractivity (Wildman–Crippen MR) is 170 cm³/mol. The van der Waals surface area contributed by atoms with E-state index in [2.05, 4.69) is 45.2 Å². The van der Waals surface area contributed by atoms with Crippen molar-refractivity contribution in [2.45, 2.75) is 79.8 Å². The van der Waals surface area contributed by atoms with E-state index in [1.807, 2.05) is 13.0 Å². The lowest BCUT2D eigenvalue weighted by Gasteiger charge is -2.17. The number of hydrogen-bond acceptors (Lipinski definition) is 8. The second-order valence-corrected chi connectivity index (χ2v) is 12.0. The van der Waals surface area contributed by atoms with Crippen LogP contribution in [0.5, 0.6) is 0 Å². The fraction of sp³-hybridized carbons (Fsp3) is 0.429. The number of carbonyl (C=O) groups is 1. The molecule has 0 aromatic rings. The Hall–Kier alpha value is -4.04. The van der Waals surface area contributed by atoms with E-state index in [4.69, 9.17) is 19.7 Å². The molecule has 8 nitrogen and oxygen atoms in total. The lowest BCUT2D eigenvalue weighted by Crippen LogP contribution is -2.16. The van der Waals surface area contributed by atoms with E-state index >= 15 is 0 Å². The Bertz CT molecular complexity index is 1700. The summed E-state index contributed by atoms with van der Waals surface area (Å²) in [7, 11) is 1.42. The molecule has 8 bridgehead atoms. The van der Waals surface area contributed by atoms with E-state index in [-0.39, 0.29) is 24.2 Å². The van der Waals surface area contributed by atoms with Crippen LogP contribution in [0.25, 0.3) is 0 Å². The van der Waals surface area contributed by atoms with Gasteiger partial charge in [-0.2, -0.15) is 0 Å². The Morgan fingerprint density at radius 2 is 1.74 bits per heavy atom. The van der Waals surface area contributed by atoms with Crippen molar-refractivity contribution in [3.63, 3.8) is 0 Å². The number of aliphatic hydroxyl groups is 2. The molecule has 3 N–H and O–H groups in total.